The van der Waals surface area contributed by atoms with Crippen molar-refractivity contribution in [3.8, 4) is 0 Å². The average Bonchev–Trinajstić information content (AvgIpc) is 2.89. The van der Waals surface area contributed by atoms with E-state index in [9.17, 15) is 0 Å². The molecule has 114 valence electrons. The van der Waals surface area contributed by atoms with E-state index in [1.54, 1.807) is 0 Å². The number of fused-ring (bicyclic) bond motifs is 1. The van der Waals surface area contributed by atoms with Crippen molar-refractivity contribution in [2.45, 2.75) is 26.3 Å². The maximum absolute atomic E-state index is 4.79. The number of hydrogen-bond acceptors (Lipinski definition) is 5. The topological polar surface area (TPSA) is 48.7 Å². The van der Waals surface area contributed by atoms with Crippen LogP contribution in [0.25, 0.3) is 5.65 Å². The van der Waals surface area contributed by atoms with Crippen molar-refractivity contribution in [3.05, 3.63) is 18.6 Å². The molecule has 1 fully saturated rings. The molecule has 1 saturated heterocycles. The minimum Gasteiger partial charge on any atom is -0.369 e. The SMILES string of the molecule is CCNc1cn2ccnc2c(N2CCN(C)C(C)(C)C2)n1. The van der Waals surface area contributed by atoms with Crippen LogP contribution in [0.4, 0.5) is 11.6 Å². The average molecular weight is 288 g/mol. The number of hydrogen-bond donors (Lipinski definition) is 1. The Hall–Kier alpha value is -1.82. The monoisotopic (exact) mass is 288 g/mol. The first-order valence-electron chi connectivity index (χ1n) is 7.55. The second kappa shape index (κ2) is 5.18. The van der Waals surface area contributed by atoms with Gasteiger partial charge in [-0.05, 0) is 27.8 Å². The van der Waals surface area contributed by atoms with Crippen molar-refractivity contribution < 1.29 is 0 Å². The van der Waals surface area contributed by atoms with Gasteiger partial charge in [-0.2, -0.15) is 0 Å². The molecular formula is C15H24N6. The minimum absolute atomic E-state index is 0.137. The lowest BCUT2D eigenvalue weighted by atomic mass is 10.00. The third-order valence-electron chi connectivity index (χ3n) is 4.33. The highest BCUT2D eigenvalue weighted by atomic mass is 15.3. The maximum Gasteiger partial charge on any atom is 0.180 e. The van der Waals surface area contributed by atoms with Gasteiger partial charge in [0.1, 0.15) is 5.82 Å². The second-order valence-electron chi connectivity index (χ2n) is 6.29. The van der Waals surface area contributed by atoms with Gasteiger partial charge in [0.05, 0.1) is 6.20 Å². The summed E-state index contributed by atoms with van der Waals surface area (Å²) in [6.07, 6.45) is 5.80. The van der Waals surface area contributed by atoms with Crippen LogP contribution in [-0.2, 0) is 0 Å². The Bertz CT molecular complexity index is 632. The van der Waals surface area contributed by atoms with Gasteiger partial charge in [-0.1, -0.05) is 0 Å². The maximum atomic E-state index is 4.79. The fourth-order valence-electron chi connectivity index (χ4n) is 2.81. The number of nitrogens with one attached hydrogen (secondary N) is 1. The van der Waals surface area contributed by atoms with E-state index in [2.05, 4.69) is 47.9 Å². The van der Waals surface area contributed by atoms with E-state index in [4.69, 9.17) is 4.98 Å². The number of anilines is 2. The Kier molecular flexibility index (Phi) is 3.49. The molecule has 0 amide bonds. The van der Waals surface area contributed by atoms with Crippen LogP contribution in [-0.4, -0.2) is 58.0 Å². The summed E-state index contributed by atoms with van der Waals surface area (Å²) in [7, 11) is 2.19. The zero-order chi connectivity index (χ0) is 15.0. The van der Waals surface area contributed by atoms with Crippen LogP contribution < -0.4 is 10.2 Å². The molecule has 0 aliphatic carbocycles. The molecule has 6 heteroatoms. The Morgan fingerprint density at radius 3 is 2.86 bits per heavy atom. The highest BCUT2D eigenvalue weighted by molar-refractivity contribution is 5.67. The number of aromatic nitrogens is 3. The van der Waals surface area contributed by atoms with Crippen LogP contribution in [0, 0.1) is 0 Å². The lowest BCUT2D eigenvalue weighted by Gasteiger charge is -2.45. The molecule has 0 unspecified atom stereocenters. The zero-order valence-electron chi connectivity index (χ0n) is 13.3. The number of rotatable bonds is 3. The molecular weight excluding hydrogens is 264 g/mol. The number of imidazole rings is 1. The summed E-state index contributed by atoms with van der Waals surface area (Å²) < 4.78 is 2.05. The van der Waals surface area contributed by atoms with Crippen molar-refractivity contribution in [1.82, 2.24) is 19.3 Å². The molecule has 3 rings (SSSR count). The first-order valence-corrected chi connectivity index (χ1v) is 7.55. The molecule has 0 saturated carbocycles. The first kappa shape index (κ1) is 14.1. The Balaban J connectivity index is 2.00. The summed E-state index contributed by atoms with van der Waals surface area (Å²) >= 11 is 0. The molecule has 1 N–H and O–H groups in total. The van der Waals surface area contributed by atoms with Gasteiger partial charge in [0.25, 0.3) is 0 Å². The summed E-state index contributed by atoms with van der Waals surface area (Å²) in [6, 6.07) is 0. The predicted octanol–water partition coefficient (Wildman–Crippen LogP) is 1.69. The summed E-state index contributed by atoms with van der Waals surface area (Å²) in [5.74, 6) is 1.87. The van der Waals surface area contributed by atoms with E-state index < -0.39 is 0 Å². The number of nitrogens with zero attached hydrogens (tertiary/aromatic N) is 5. The normalized spacial score (nSPS) is 19.1. The molecule has 21 heavy (non-hydrogen) atoms. The summed E-state index contributed by atoms with van der Waals surface area (Å²) in [5.41, 5.74) is 1.06. The van der Waals surface area contributed by atoms with Crippen molar-refractivity contribution in [1.29, 1.82) is 0 Å². The van der Waals surface area contributed by atoms with Crippen LogP contribution in [0.5, 0.6) is 0 Å². The van der Waals surface area contributed by atoms with Crippen LogP contribution >= 0.6 is 0 Å². The van der Waals surface area contributed by atoms with Crippen LogP contribution in [0.15, 0.2) is 18.6 Å². The Morgan fingerprint density at radius 1 is 1.33 bits per heavy atom. The molecule has 0 spiro atoms. The van der Waals surface area contributed by atoms with Gasteiger partial charge in [0.2, 0.25) is 0 Å². The molecule has 0 atom stereocenters. The molecule has 6 nitrogen and oxygen atoms in total. The Morgan fingerprint density at radius 2 is 2.14 bits per heavy atom. The molecule has 2 aromatic rings. The van der Waals surface area contributed by atoms with Crippen molar-refractivity contribution >= 4 is 17.3 Å². The quantitative estimate of drug-likeness (QED) is 0.931. The summed E-state index contributed by atoms with van der Waals surface area (Å²) in [6.45, 7) is 10.5. The number of piperazine rings is 1. The Labute approximate surface area is 125 Å². The lowest BCUT2D eigenvalue weighted by molar-refractivity contribution is 0.138. The van der Waals surface area contributed by atoms with E-state index in [1.807, 2.05) is 23.0 Å². The standard InChI is InChI=1S/C15H24N6/c1-5-16-12-10-20-7-6-17-13(20)14(18-12)21-9-8-19(4)15(2,3)11-21/h6-7,10,16H,5,8-9,11H2,1-4H3. The van der Waals surface area contributed by atoms with Crippen LogP contribution in [0.2, 0.25) is 0 Å². The van der Waals surface area contributed by atoms with E-state index in [0.717, 1.165) is 43.5 Å². The molecule has 3 heterocycles. The van der Waals surface area contributed by atoms with Gasteiger partial charge in [0.15, 0.2) is 11.5 Å². The largest absolute Gasteiger partial charge is 0.369 e. The van der Waals surface area contributed by atoms with Gasteiger partial charge in [0, 0.05) is 44.1 Å². The molecule has 2 aromatic heterocycles. The highest BCUT2D eigenvalue weighted by Crippen LogP contribution is 2.26. The molecule has 0 bridgehead atoms. The third-order valence-corrected chi connectivity index (χ3v) is 4.33. The third kappa shape index (κ3) is 2.55. The molecule has 0 radical (unpaired) electrons. The van der Waals surface area contributed by atoms with E-state index in [1.165, 1.54) is 0 Å². The highest BCUT2D eigenvalue weighted by Gasteiger charge is 2.32. The van der Waals surface area contributed by atoms with Gasteiger partial charge < -0.3 is 14.6 Å². The first-order chi connectivity index (χ1) is 10.0. The zero-order valence-corrected chi connectivity index (χ0v) is 13.3. The fraction of sp³-hybridized carbons (Fsp3) is 0.600. The van der Waals surface area contributed by atoms with E-state index in [-0.39, 0.29) is 5.54 Å². The van der Waals surface area contributed by atoms with Gasteiger partial charge in [-0.3, -0.25) is 4.90 Å². The second-order valence-corrected chi connectivity index (χ2v) is 6.29. The van der Waals surface area contributed by atoms with Gasteiger partial charge >= 0.3 is 0 Å². The van der Waals surface area contributed by atoms with Crippen LogP contribution in [0.3, 0.4) is 0 Å². The fourth-order valence-corrected chi connectivity index (χ4v) is 2.81. The molecule has 1 aliphatic heterocycles. The number of likely N-dealkylation sites (N-methyl/N-ethyl adjacent to an activating group) is 1. The van der Waals surface area contributed by atoms with Crippen molar-refractivity contribution in [2.24, 2.45) is 0 Å². The molecule has 0 aromatic carbocycles. The van der Waals surface area contributed by atoms with Crippen molar-refractivity contribution in [3.63, 3.8) is 0 Å². The lowest BCUT2D eigenvalue weighted by Crippen LogP contribution is -2.58. The van der Waals surface area contributed by atoms with E-state index in [0.29, 0.717) is 0 Å². The molecule has 1 aliphatic rings. The summed E-state index contributed by atoms with van der Waals surface area (Å²) in [5, 5.41) is 3.30. The van der Waals surface area contributed by atoms with Crippen LogP contribution in [0.1, 0.15) is 20.8 Å². The van der Waals surface area contributed by atoms with Crippen molar-refractivity contribution in [2.75, 3.05) is 43.4 Å². The van der Waals surface area contributed by atoms with Gasteiger partial charge in [-0.15, -0.1) is 0 Å². The summed E-state index contributed by atoms with van der Waals surface area (Å²) in [4.78, 5) is 14.0. The van der Waals surface area contributed by atoms with Gasteiger partial charge in [-0.25, -0.2) is 9.97 Å². The minimum atomic E-state index is 0.137. The van der Waals surface area contributed by atoms with E-state index >= 15 is 0 Å². The smallest absolute Gasteiger partial charge is 0.180 e. The predicted molar refractivity (Wildman–Crippen MR) is 86.1 cm³/mol.